The van der Waals surface area contributed by atoms with Crippen molar-refractivity contribution in [3.8, 4) is 0 Å². The van der Waals surface area contributed by atoms with Crippen LogP contribution >= 0.6 is 0 Å². The molecular formula is C18H24N4O4. The number of fused-ring (bicyclic) bond motifs is 2. The van der Waals surface area contributed by atoms with Crippen LogP contribution < -0.4 is 10.9 Å². The zero-order valence-corrected chi connectivity index (χ0v) is 14.8. The lowest BCUT2D eigenvalue weighted by atomic mass is 10.0. The number of hydroxylamine groups is 2. The Morgan fingerprint density at radius 1 is 1.19 bits per heavy atom. The molecule has 0 radical (unpaired) electrons. The maximum Gasteiger partial charge on any atom is 0.345 e. The molecule has 26 heavy (non-hydrogen) atoms. The molecule has 140 valence electrons. The minimum Gasteiger partial charge on any atom is -0.309 e. The smallest absolute Gasteiger partial charge is 0.309 e. The third kappa shape index (κ3) is 3.96. The van der Waals surface area contributed by atoms with Gasteiger partial charge in [-0.25, -0.2) is 4.79 Å². The van der Waals surface area contributed by atoms with Crippen LogP contribution in [0.1, 0.15) is 38.2 Å². The minimum atomic E-state index is -0.592. The van der Waals surface area contributed by atoms with Crippen LogP contribution in [-0.4, -0.2) is 46.4 Å². The predicted molar refractivity (Wildman–Crippen MR) is 93.2 cm³/mol. The Balaban J connectivity index is 1.55. The number of benzene rings is 1. The van der Waals surface area contributed by atoms with Crippen LogP contribution in [0.15, 0.2) is 30.3 Å². The van der Waals surface area contributed by atoms with Gasteiger partial charge in [0.25, 0.3) is 5.91 Å². The molecule has 2 bridgehead atoms. The Kier molecular flexibility index (Phi) is 5.72. The van der Waals surface area contributed by atoms with Crippen molar-refractivity contribution in [1.29, 1.82) is 0 Å². The van der Waals surface area contributed by atoms with Crippen molar-refractivity contribution < 1.29 is 19.2 Å². The highest BCUT2D eigenvalue weighted by atomic mass is 16.7. The first-order valence-electron chi connectivity index (χ1n) is 8.95. The summed E-state index contributed by atoms with van der Waals surface area (Å²) in [7, 11) is 0. The normalized spacial score (nSPS) is 21.7. The van der Waals surface area contributed by atoms with E-state index in [4.69, 9.17) is 4.84 Å². The summed E-state index contributed by atoms with van der Waals surface area (Å²) >= 11 is 0. The quantitative estimate of drug-likeness (QED) is 0.749. The fourth-order valence-electron chi connectivity index (χ4n) is 3.29. The molecule has 1 aromatic rings. The van der Waals surface area contributed by atoms with Gasteiger partial charge in [0.05, 0.1) is 6.04 Å². The van der Waals surface area contributed by atoms with Crippen molar-refractivity contribution in [2.45, 2.75) is 51.3 Å². The Morgan fingerprint density at radius 2 is 1.96 bits per heavy atom. The van der Waals surface area contributed by atoms with E-state index in [0.29, 0.717) is 38.8 Å². The van der Waals surface area contributed by atoms with Gasteiger partial charge >= 0.3 is 6.03 Å². The minimum absolute atomic E-state index is 0.0510. The highest BCUT2D eigenvalue weighted by Crippen LogP contribution is 2.30. The van der Waals surface area contributed by atoms with E-state index in [2.05, 4.69) is 10.9 Å². The highest BCUT2D eigenvalue weighted by molar-refractivity contribution is 5.89. The highest BCUT2D eigenvalue weighted by Gasteiger charge is 2.47. The standard InChI is InChI=1S/C18H24N4O4/c1-2-6-16(23)19-20-17(24)15-10-9-14-11-21(15)18(25)22(14)26-12-13-7-4-3-5-8-13/h3-5,7-8,14-15H,2,6,9-12H2,1H3,(H,19,23)(H,20,24)/t14-,15-/m0/s1. The van der Waals surface area contributed by atoms with Crippen molar-refractivity contribution in [3.05, 3.63) is 35.9 Å². The monoisotopic (exact) mass is 360 g/mol. The summed E-state index contributed by atoms with van der Waals surface area (Å²) in [5, 5.41) is 1.38. The summed E-state index contributed by atoms with van der Waals surface area (Å²) in [5.74, 6) is -0.610. The van der Waals surface area contributed by atoms with Gasteiger partial charge in [0.1, 0.15) is 12.6 Å². The van der Waals surface area contributed by atoms with Gasteiger partial charge in [-0.3, -0.25) is 25.3 Å². The Hall–Kier alpha value is -2.61. The van der Waals surface area contributed by atoms with Gasteiger partial charge < -0.3 is 4.90 Å². The van der Waals surface area contributed by atoms with Crippen LogP contribution in [0.3, 0.4) is 0 Å². The van der Waals surface area contributed by atoms with Gasteiger partial charge in [0.15, 0.2) is 0 Å². The molecule has 8 nitrogen and oxygen atoms in total. The lowest BCUT2D eigenvalue weighted by molar-refractivity contribution is -0.140. The van der Waals surface area contributed by atoms with E-state index in [-0.39, 0.29) is 23.9 Å². The molecule has 2 aliphatic heterocycles. The number of nitrogens with zero attached hydrogens (tertiary/aromatic N) is 2. The molecule has 4 amide bonds. The molecule has 0 spiro atoms. The van der Waals surface area contributed by atoms with E-state index in [0.717, 1.165) is 5.56 Å². The molecule has 2 saturated heterocycles. The third-order valence-corrected chi connectivity index (χ3v) is 4.64. The number of carbonyl (C=O) groups excluding carboxylic acids is 3. The van der Waals surface area contributed by atoms with Crippen molar-refractivity contribution in [2.24, 2.45) is 0 Å². The largest absolute Gasteiger partial charge is 0.345 e. The van der Waals surface area contributed by atoms with Crippen LogP contribution in [0.4, 0.5) is 4.79 Å². The number of nitrogens with one attached hydrogen (secondary N) is 2. The molecule has 2 aliphatic rings. The van der Waals surface area contributed by atoms with E-state index >= 15 is 0 Å². The maximum atomic E-state index is 12.6. The zero-order chi connectivity index (χ0) is 18.5. The van der Waals surface area contributed by atoms with Crippen LogP contribution in [-0.2, 0) is 21.0 Å². The number of urea groups is 1. The summed E-state index contributed by atoms with van der Waals surface area (Å²) in [6.07, 6.45) is 2.26. The van der Waals surface area contributed by atoms with E-state index in [1.165, 1.54) is 9.96 Å². The molecule has 0 saturated carbocycles. The summed E-state index contributed by atoms with van der Waals surface area (Å²) in [6, 6.07) is 8.68. The first kappa shape index (κ1) is 18.2. The average molecular weight is 360 g/mol. The molecule has 0 aliphatic carbocycles. The maximum absolute atomic E-state index is 12.6. The number of hydrogen-bond donors (Lipinski definition) is 2. The molecule has 2 atom stereocenters. The van der Waals surface area contributed by atoms with E-state index in [1.807, 2.05) is 37.3 Å². The molecule has 8 heteroatoms. The zero-order valence-electron chi connectivity index (χ0n) is 14.8. The topological polar surface area (TPSA) is 91.0 Å². The van der Waals surface area contributed by atoms with Gasteiger partial charge in [-0.2, -0.15) is 5.06 Å². The van der Waals surface area contributed by atoms with Gasteiger partial charge in [-0.1, -0.05) is 37.3 Å². The summed E-state index contributed by atoms with van der Waals surface area (Å²) < 4.78 is 0. The Labute approximate surface area is 152 Å². The fraction of sp³-hybridized carbons (Fsp3) is 0.500. The van der Waals surface area contributed by atoms with Gasteiger partial charge in [0.2, 0.25) is 5.91 Å². The molecule has 2 fully saturated rings. The molecule has 2 N–H and O–H groups in total. The summed E-state index contributed by atoms with van der Waals surface area (Å²) in [6.45, 7) is 2.64. The number of amides is 4. The van der Waals surface area contributed by atoms with E-state index in [9.17, 15) is 14.4 Å². The number of carbonyl (C=O) groups is 3. The van der Waals surface area contributed by atoms with E-state index < -0.39 is 6.04 Å². The van der Waals surface area contributed by atoms with Crippen LogP contribution in [0.25, 0.3) is 0 Å². The second-order valence-electron chi connectivity index (χ2n) is 6.55. The molecule has 1 aromatic carbocycles. The lowest BCUT2D eigenvalue weighted by Crippen LogP contribution is -2.54. The molecule has 0 unspecified atom stereocenters. The van der Waals surface area contributed by atoms with Gasteiger partial charge in [-0.05, 0) is 24.8 Å². The predicted octanol–water partition coefficient (Wildman–Crippen LogP) is 1.33. The lowest BCUT2D eigenvalue weighted by Gasteiger charge is -2.29. The van der Waals surface area contributed by atoms with Crippen LogP contribution in [0.2, 0.25) is 0 Å². The number of rotatable bonds is 6. The Morgan fingerprint density at radius 3 is 2.69 bits per heavy atom. The van der Waals surface area contributed by atoms with Crippen molar-refractivity contribution in [1.82, 2.24) is 20.8 Å². The van der Waals surface area contributed by atoms with Crippen molar-refractivity contribution in [2.75, 3.05) is 6.54 Å². The first-order valence-corrected chi connectivity index (χ1v) is 8.95. The Bertz CT molecular complexity index is 666. The third-order valence-electron chi connectivity index (χ3n) is 4.64. The van der Waals surface area contributed by atoms with Crippen LogP contribution in [0, 0.1) is 0 Å². The van der Waals surface area contributed by atoms with Gasteiger partial charge in [0, 0.05) is 13.0 Å². The second-order valence-corrected chi connectivity index (χ2v) is 6.55. The average Bonchev–Trinajstić information content (AvgIpc) is 2.89. The van der Waals surface area contributed by atoms with E-state index in [1.54, 1.807) is 0 Å². The molecule has 2 heterocycles. The second kappa shape index (κ2) is 8.18. The van der Waals surface area contributed by atoms with Crippen molar-refractivity contribution >= 4 is 17.8 Å². The number of hydrogen-bond acceptors (Lipinski definition) is 4. The molecule has 3 rings (SSSR count). The number of hydrazine groups is 1. The summed E-state index contributed by atoms with van der Waals surface area (Å²) in [4.78, 5) is 43.7. The SMILES string of the molecule is CCCC(=O)NNC(=O)[C@@H]1CC[C@H]2CN1C(=O)N2OCc1ccccc1. The molecular weight excluding hydrogens is 336 g/mol. The number of piperidine rings is 1. The first-order chi connectivity index (χ1) is 12.6. The van der Waals surface area contributed by atoms with Gasteiger partial charge in [-0.15, -0.1) is 0 Å². The fourth-order valence-corrected chi connectivity index (χ4v) is 3.29. The van der Waals surface area contributed by atoms with Crippen molar-refractivity contribution in [3.63, 3.8) is 0 Å². The summed E-state index contributed by atoms with van der Waals surface area (Å²) in [5.41, 5.74) is 5.79. The van der Waals surface area contributed by atoms with Crippen LogP contribution in [0.5, 0.6) is 0 Å². The molecule has 0 aromatic heterocycles.